The van der Waals surface area contributed by atoms with Crippen molar-refractivity contribution in [1.82, 2.24) is 0 Å². The molecule has 0 saturated carbocycles. The molecule has 1 heterocycles. The van der Waals surface area contributed by atoms with Crippen LogP contribution in [0, 0.1) is 3.57 Å². The molecule has 0 atom stereocenters. The molecule has 0 aliphatic carbocycles. The molecule has 0 aliphatic rings. The molecule has 5 heteroatoms. The number of rotatable bonds is 3. The molecule has 3 rings (SSSR count). The molecule has 0 fully saturated rings. The average Bonchev–Trinajstić information content (AvgIpc) is 2.81. The van der Waals surface area contributed by atoms with E-state index in [0.717, 1.165) is 25.8 Å². The molecule has 0 bridgehead atoms. The van der Waals surface area contributed by atoms with Crippen molar-refractivity contribution in [2.24, 2.45) is 0 Å². The fraction of sp³-hybridized carbons (Fsp3) is 0.0625. The van der Waals surface area contributed by atoms with Crippen LogP contribution >= 0.6 is 34.2 Å². The van der Waals surface area contributed by atoms with Gasteiger partial charge in [-0.25, -0.2) is 0 Å². The third kappa shape index (κ3) is 3.39. The summed E-state index contributed by atoms with van der Waals surface area (Å²) in [4.78, 5) is 12.1. The number of anilines is 1. The van der Waals surface area contributed by atoms with Gasteiger partial charge in [-0.15, -0.1) is 0 Å². The number of benzene rings is 2. The molecule has 21 heavy (non-hydrogen) atoms. The smallest absolute Gasteiger partial charge is 0.228 e. The van der Waals surface area contributed by atoms with Gasteiger partial charge in [0.05, 0.1) is 12.7 Å². The van der Waals surface area contributed by atoms with Gasteiger partial charge in [0.1, 0.15) is 5.58 Å². The molecule has 0 spiro atoms. The molecule has 3 aromatic rings. The number of carbonyl (C=O) groups is 1. The standard InChI is InChI=1S/C16H11ClINO2/c17-11-4-5-15-14(7-11)10(9-21-15)6-16(20)19-13-3-1-2-12(18)8-13/h1-5,7-9H,6H2,(H,19,20). The molecule has 0 saturated heterocycles. The summed E-state index contributed by atoms with van der Waals surface area (Å²) in [6.45, 7) is 0. The van der Waals surface area contributed by atoms with Crippen molar-refractivity contribution < 1.29 is 9.21 Å². The lowest BCUT2D eigenvalue weighted by atomic mass is 10.1. The van der Waals surface area contributed by atoms with Gasteiger partial charge in [-0.3, -0.25) is 4.79 Å². The van der Waals surface area contributed by atoms with Gasteiger partial charge >= 0.3 is 0 Å². The van der Waals surface area contributed by atoms with Crippen molar-refractivity contribution in [3.8, 4) is 0 Å². The van der Waals surface area contributed by atoms with Crippen molar-refractivity contribution in [3.05, 3.63) is 62.9 Å². The van der Waals surface area contributed by atoms with Crippen LogP contribution in [0.5, 0.6) is 0 Å². The molecule has 0 aliphatic heterocycles. The number of furan rings is 1. The van der Waals surface area contributed by atoms with E-state index in [4.69, 9.17) is 16.0 Å². The monoisotopic (exact) mass is 411 g/mol. The molecule has 106 valence electrons. The van der Waals surface area contributed by atoms with Crippen LogP contribution in [0.25, 0.3) is 11.0 Å². The maximum atomic E-state index is 12.1. The number of hydrogen-bond acceptors (Lipinski definition) is 2. The molecule has 3 nitrogen and oxygen atoms in total. The first kappa shape index (κ1) is 14.4. The van der Waals surface area contributed by atoms with E-state index in [-0.39, 0.29) is 12.3 Å². The first-order valence-electron chi connectivity index (χ1n) is 6.33. The van der Waals surface area contributed by atoms with Crippen LogP contribution in [0.15, 0.2) is 53.1 Å². The molecule has 0 unspecified atom stereocenters. The second kappa shape index (κ2) is 6.07. The summed E-state index contributed by atoms with van der Waals surface area (Å²) < 4.78 is 6.51. The zero-order valence-corrected chi connectivity index (χ0v) is 13.8. The maximum absolute atomic E-state index is 12.1. The largest absolute Gasteiger partial charge is 0.464 e. The van der Waals surface area contributed by atoms with Crippen molar-refractivity contribution in [1.29, 1.82) is 0 Å². The Kier molecular flexibility index (Phi) is 4.17. The van der Waals surface area contributed by atoms with Crippen molar-refractivity contribution >= 4 is 56.8 Å². The predicted octanol–water partition coefficient (Wildman–Crippen LogP) is 4.87. The van der Waals surface area contributed by atoms with Crippen molar-refractivity contribution in [2.75, 3.05) is 5.32 Å². The Bertz CT molecular complexity index is 813. The number of halogens is 2. The van der Waals surface area contributed by atoms with E-state index < -0.39 is 0 Å². The van der Waals surface area contributed by atoms with Crippen LogP contribution < -0.4 is 5.32 Å². The van der Waals surface area contributed by atoms with Crippen LogP contribution in [0.4, 0.5) is 5.69 Å². The highest BCUT2D eigenvalue weighted by Gasteiger charge is 2.11. The van der Waals surface area contributed by atoms with Gasteiger partial charge in [0.25, 0.3) is 0 Å². The van der Waals surface area contributed by atoms with Crippen LogP contribution in [-0.4, -0.2) is 5.91 Å². The van der Waals surface area contributed by atoms with E-state index in [1.54, 1.807) is 18.4 Å². The number of carbonyl (C=O) groups excluding carboxylic acids is 1. The van der Waals surface area contributed by atoms with Crippen LogP contribution in [0.2, 0.25) is 5.02 Å². The van der Waals surface area contributed by atoms with E-state index in [2.05, 4.69) is 27.9 Å². The fourth-order valence-corrected chi connectivity index (χ4v) is 2.85. The van der Waals surface area contributed by atoms with Gasteiger partial charge in [0.2, 0.25) is 5.91 Å². The van der Waals surface area contributed by atoms with E-state index >= 15 is 0 Å². The van der Waals surface area contributed by atoms with Crippen LogP contribution in [0.3, 0.4) is 0 Å². The van der Waals surface area contributed by atoms with Crippen molar-refractivity contribution in [3.63, 3.8) is 0 Å². The number of hydrogen-bond donors (Lipinski definition) is 1. The Labute approximate surface area is 140 Å². The Hall–Kier alpha value is -1.53. The zero-order valence-electron chi connectivity index (χ0n) is 10.9. The summed E-state index contributed by atoms with van der Waals surface area (Å²) in [6.07, 6.45) is 1.86. The molecule has 2 aromatic carbocycles. The highest BCUT2D eigenvalue weighted by molar-refractivity contribution is 14.1. The van der Waals surface area contributed by atoms with E-state index in [0.29, 0.717) is 5.02 Å². The maximum Gasteiger partial charge on any atom is 0.228 e. The SMILES string of the molecule is O=C(Cc1coc2ccc(Cl)cc12)Nc1cccc(I)c1. The Morgan fingerprint density at radius 2 is 2.10 bits per heavy atom. The van der Waals surface area contributed by atoms with E-state index in [1.165, 1.54) is 0 Å². The molecular weight excluding hydrogens is 401 g/mol. The summed E-state index contributed by atoms with van der Waals surface area (Å²) >= 11 is 8.20. The topological polar surface area (TPSA) is 42.2 Å². The summed E-state index contributed by atoms with van der Waals surface area (Å²) in [5.41, 5.74) is 2.35. The van der Waals surface area contributed by atoms with Gasteiger partial charge in [-0.05, 0) is 59.0 Å². The minimum Gasteiger partial charge on any atom is -0.464 e. The predicted molar refractivity (Wildman–Crippen MR) is 92.7 cm³/mol. The molecule has 1 N–H and O–H groups in total. The van der Waals surface area contributed by atoms with Gasteiger partial charge in [0, 0.05) is 25.2 Å². The number of fused-ring (bicyclic) bond motifs is 1. The first-order valence-corrected chi connectivity index (χ1v) is 7.78. The van der Waals surface area contributed by atoms with Crippen molar-refractivity contribution in [2.45, 2.75) is 6.42 Å². The zero-order chi connectivity index (χ0) is 14.8. The Morgan fingerprint density at radius 1 is 1.24 bits per heavy atom. The third-order valence-electron chi connectivity index (χ3n) is 3.08. The lowest BCUT2D eigenvalue weighted by Crippen LogP contribution is -2.14. The van der Waals surface area contributed by atoms with Gasteiger partial charge in [-0.1, -0.05) is 17.7 Å². The third-order valence-corrected chi connectivity index (χ3v) is 3.98. The lowest BCUT2D eigenvalue weighted by molar-refractivity contribution is -0.115. The van der Waals surface area contributed by atoms with Gasteiger partial charge < -0.3 is 9.73 Å². The van der Waals surface area contributed by atoms with E-state index in [1.807, 2.05) is 30.3 Å². The number of amides is 1. The Balaban J connectivity index is 1.79. The highest BCUT2D eigenvalue weighted by Crippen LogP contribution is 2.25. The van der Waals surface area contributed by atoms with Gasteiger partial charge in [0.15, 0.2) is 0 Å². The molecule has 1 amide bonds. The fourth-order valence-electron chi connectivity index (χ4n) is 2.14. The minimum absolute atomic E-state index is 0.0836. The lowest BCUT2D eigenvalue weighted by Gasteiger charge is -2.05. The first-order chi connectivity index (χ1) is 10.1. The molecule has 0 radical (unpaired) electrons. The Morgan fingerprint density at radius 3 is 2.90 bits per heavy atom. The van der Waals surface area contributed by atoms with Gasteiger partial charge in [-0.2, -0.15) is 0 Å². The minimum atomic E-state index is -0.0836. The normalized spacial score (nSPS) is 10.8. The quantitative estimate of drug-likeness (QED) is 0.625. The second-order valence-electron chi connectivity index (χ2n) is 4.64. The summed E-state index contributed by atoms with van der Waals surface area (Å²) in [6, 6.07) is 13.1. The highest BCUT2D eigenvalue weighted by atomic mass is 127. The summed E-state index contributed by atoms with van der Waals surface area (Å²) in [5.74, 6) is -0.0836. The second-order valence-corrected chi connectivity index (χ2v) is 6.32. The van der Waals surface area contributed by atoms with Crippen LogP contribution in [-0.2, 0) is 11.2 Å². The summed E-state index contributed by atoms with van der Waals surface area (Å²) in [5, 5.41) is 4.39. The van der Waals surface area contributed by atoms with Crippen LogP contribution in [0.1, 0.15) is 5.56 Å². The van der Waals surface area contributed by atoms with E-state index in [9.17, 15) is 4.79 Å². The molecular formula is C16H11ClINO2. The average molecular weight is 412 g/mol. The molecule has 1 aromatic heterocycles. The number of nitrogens with one attached hydrogen (secondary N) is 1. The summed E-state index contributed by atoms with van der Waals surface area (Å²) in [7, 11) is 0.